The fourth-order valence-corrected chi connectivity index (χ4v) is 2.62. The summed E-state index contributed by atoms with van der Waals surface area (Å²) in [6.07, 6.45) is 4.64. The van der Waals surface area contributed by atoms with Crippen molar-refractivity contribution in [2.45, 2.75) is 44.7 Å². The lowest BCUT2D eigenvalue weighted by Gasteiger charge is -2.26. The van der Waals surface area contributed by atoms with E-state index in [1.807, 2.05) is 6.92 Å². The zero-order chi connectivity index (χ0) is 9.97. The molecular weight excluding hydrogens is 194 g/mol. The number of thiazole rings is 1. The number of aromatic nitrogens is 1. The minimum Gasteiger partial charge on any atom is -0.359 e. The van der Waals surface area contributed by atoms with Crippen LogP contribution in [0.25, 0.3) is 0 Å². The summed E-state index contributed by atoms with van der Waals surface area (Å²) >= 11 is 1.69. The van der Waals surface area contributed by atoms with E-state index >= 15 is 0 Å². The first-order valence-electron chi connectivity index (χ1n) is 5.18. The highest BCUT2D eigenvalue weighted by Crippen LogP contribution is 2.23. The summed E-state index contributed by atoms with van der Waals surface area (Å²) in [5, 5.41) is 6.61. The van der Waals surface area contributed by atoms with Gasteiger partial charge in [0.25, 0.3) is 0 Å². The van der Waals surface area contributed by atoms with Crippen LogP contribution in [0.4, 0.5) is 5.13 Å². The van der Waals surface area contributed by atoms with Crippen molar-refractivity contribution >= 4 is 16.5 Å². The number of rotatable bonds is 2. The van der Waals surface area contributed by atoms with Gasteiger partial charge in [0.15, 0.2) is 5.13 Å². The molecule has 2 rings (SSSR count). The van der Waals surface area contributed by atoms with E-state index in [0.29, 0.717) is 12.1 Å². The summed E-state index contributed by atoms with van der Waals surface area (Å²) in [6.45, 7) is 2.03. The molecule has 1 aliphatic rings. The first-order valence-corrected chi connectivity index (χ1v) is 6.06. The molecule has 78 valence electrons. The maximum absolute atomic E-state index is 5.85. The molecule has 4 heteroatoms. The predicted octanol–water partition coefficient (Wildman–Crippen LogP) is 2.13. The molecule has 1 aliphatic carbocycles. The summed E-state index contributed by atoms with van der Waals surface area (Å²) in [5.74, 6) is 0. The summed E-state index contributed by atoms with van der Waals surface area (Å²) in [7, 11) is 0. The maximum atomic E-state index is 5.85. The van der Waals surface area contributed by atoms with Crippen molar-refractivity contribution in [2.75, 3.05) is 5.32 Å². The molecule has 0 saturated heterocycles. The lowest BCUT2D eigenvalue weighted by atomic mass is 9.92. The standard InChI is InChI=1S/C10H17N3S/c1-7-6-14-10(12-7)13-9-4-2-8(11)3-5-9/h6,8-9H,2-5,11H2,1H3,(H,12,13). The summed E-state index contributed by atoms with van der Waals surface area (Å²) in [4.78, 5) is 4.40. The van der Waals surface area contributed by atoms with E-state index in [9.17, 15) is 0 Å². The van der Waals surface area contributed by atoms with Gasteiger partial charge in [0, 0.05) is 17.5 Å². The van der Waals surface area contributed by atoms with E-state index in [4.69, 9.17) is 5.73 Å². The minimum atomic E-state index is 0.422. The number of nitrogens with one attached hydrogen (secondary N) is 1. The lowest BCUT2D eigenvalue weighted by Crippen LogP contribution is -2.32. The zero-order valence-corrected chi connectivity index (χ0v) is 9.31. The average molecular weight is 211 g/mol. The Morgan fingerprint density at radius 2 is 2.14 bits per heavy atom. The van der Waals surface area contributed by atoms with Crippen molar-refractivity contribution in [2.24, 2.45) is 5.73 Å². The second-order valence-corrected chi connectivity index (χ2v) is 4.91. The second-order valence-electron chi connectivity index (χ2n) is 4.05. The molecule has 14 heavy (non-hydrogen) atoms. The molecule has 0 amide bonds. The molecule has 1 heterocycles. The van der Waals surface area contributed by atoms with Gasteiger partial charge in [-0.1, -0.05) is 0 Å². The van der Waals surface area contributed by atoms with E-state index in [2.05, 4.69) is 15.7 Å². The first-order chi connectivity index (χ1) is 6.74. The lowest BCUT2D eigenvalue weighted by molar-refractivity contribution is 0.411. The third kappa shape index (κ3) is 2.45. The van der Waals surface area contributed by atoms with Crippen molar-refractivity contribution in [3.63, 3.8) is 0 Å². The molecule has 3 N–H and O–H groups in total. The number of aryl methyl sites for hydroxylation is 1. The quantitative estimate of drug-likeness (QED) is 0.788. The molecule has 1 aromatic heterocycles. The van der Waals surface area contributed by atoms with Crippen LogP contribution in [-0.2, 0) is 0 Å². The molecule has 3 nitrogen and oxygen atoms in total. The van der Waals surface area contributed by atoms with Crippen LogP contribution in [0.3, 0.4) is 0 Å². The molecule has 0 aliphatic heterocycles. The number of hydrogen-bond donors (Lipinski definition) is 2. The van der Waals surface area contributed by atoms with Crippen LogP contribution in [0.1, 0.15) is 31.4 Å². The van der Waals surface area contributed by atoms with Crippen molar-refractivity contribution in [1.29, 1.82) is 0 Å². The third-order valence-electron chi connectivity index (χ3n) is 2.72. The van der Waals surface area contributed by atoms with Crippen LogP contribution in [0.15, 0.2) is 5.38 Å². The van der Waals surface area contributed by atoms with Crippen LogP contribution < -0.4 is 11.1 Å². The highest BCUT2D eigenvalue weighted by molar-refractivity contribution is 7.13. The van der Waals surface area contributed by atoms with E-state index in [-0.39, 0.29) is 0 Å². The number of nitrogens with two attached hydrogens (primary N) is 1. The van der Waals surface area contributed by atoms with Crippen molar-refractivity contribution < 1.29 is 0 Å². The summed E-state index contributed by atoms with van der Waals surface area (Å²) in [5.41, 5.74) is 6.96. The van der Waals surface area contributed by atoms with Gasteiger partial charge in [-0.2, -0.15) is 0 Å². The topological polar surface area (TPSA) is 50.9 Å². The Balaban J connectivity index is 1.86. The van der Waals surface area contributed by atoms with Crippen LogP contribution >= 0.6 is 11.3 Å². The van der Waals surface area contributed by atoms with E-state index in [0.717, 1.165) is 23.7 Å². The Hall–Kier alpha value is -0.610. The van der Waals surface area contributed by atoms with Crippen LogP contribution in [0.5, 0.6) is 0 Å². The van der Waals surface area contributed by atoms with Gasteiger partial charge in [-0.25, -0.2) is 4.98 Å². The fourth-order valence-electron chi connectivity index (χ4n) is 1.86. The third-order valence-corrected chi connectivity index (χ3v) is 3.61. The molecule has 0 atom stereocenters. The van der Waals surface area contributed by atoms with Gasteiger partial charge < -0.3 is 11.1 Å². The van der Waals surface area contributed by atoms with Gasteiger partial charge in [0.2, 0.25) is 0 Å². The molecule has 0 aromatic carbocycles. The molecule has 1 saturated carbocycles. The van der Waals surface area contributed by atoms with Crippen molar-refractivity contribution in [1.82, 2.24) is 4.98 Å². The molecular formula is C10H17N3S. The predicted molar refractivity (Wildman–Crippen MR) is 60.7 cm³/mol. The van der Waals surface area contributed by atoms with Gasteiger partial charge in [0.05, 0.1) is 5.69 Å². The molecule has 0 spiro atoms. The van der Waals surface area contributed by atoms with Gasteiger partial charge >= 0.3 is 0 Å². The second kappa shape index (κ2) is 4.28. The Morgan fingerprint density at radius 1 is 1.43 bits per heavy atom. The normalized spacial score (nSPS) is 27.6. The average Bonchev–Trinajstić information content (AvgIpc) is 2.56. The molecule has 0 radical (unpaired) electrons. The van der Waals surface area contributed by atoms with Gasteiger partial charge in [-0.15, -0.1) is 11.3 Å². The summed E-state index contributed by atoms with van der Waals surface area (Å²) < 4.78 is 0. The highest BCUT2D eigenvalue weighted by atomic mass is 32.1. The molecule has 0 bridgehead atoms. The molecule has 1 fully saturated rings. The Kier molecular flexibility index (Phi) is 3.03. The zero-order valence-electron chi connectivity index (χ0n) is 8.49. The SMILES string of the molecule is Cc1csc(NC2CCC(N)CC2)n1. The number of hydrogen-bond acceptors (Lipinski definition) is 4. The van der Waals surface area contributed by atoms with Crippen molar-refractivity contribution in [3.8, 4) is 0 Å². The minimum absolute atomic E-state index is 0.422. The van der Waals surface area contributed by atoms with E-state index in [1.165, 1.54) is 12.8 Å². The van der Waals surface area contributed by atoms with Gasteiger partial charge in [-0.3, -0.25) is 0 Å². The maximum Gasteiger partial charge on any atom is 0.183 e. The monoisotopic (exact) mass is 211 g/mol. The highest BCUT2D eigenvalue weighted by Gasteiger charge is 2.18. The van der Waals surface area contributed by atoms with E-state index < -0.39 is 0 Å². The van der Waals surface area contributed by atoms with Crippen LogP contribution in [-0.4, -0.2) is 17.1 Å². The van der Waals surface area contributed by atoms with Crippen LogP contribution in [0.2, 0.25) is 0 Å². The fraction of sp³-hybridized carbons (Fsp3) is 0.700. The van der Waals surface area contributed by atoms with Crippen molar-refractivity contribution in [3.05, 3.63) is 11.1 Å². The van der Waals surface area contributed by atoms with Gasteiger partial charge in [-0.05, 0) is 32.6 Å². The smallest absolute Gasteiger partial charge is 0.183 e. The number of anilines is 1. The Morgan fingerprint density at radius 3 is 2.71 bits per heavy atom. The summed E-state index contributed by atoms with van der Waals surface area (Å²) in [6, 6.07) is 1.01. The van der Waals surface area contributed by atoms with Crippen LogP contribution in [0, 0.1) is 6.92 Å². The van der Waals surface area contributed by atoms with E-state index in [1.54, 1.807) is 11.3 Å². The molecule has 0 unspecified atom stereocenters. The Labute approximate surface area is 88.7 Å². The number of nitrogens with zero attached hydrogens (tertiary/aromatic N) is 1. The van der Waals surface area contributed by atoms with Gasteiger partial charge in [0.1, 0.15) is 0 Å². The Bertz CT molecular complexity index is 289. The first kappa shape index (κ1) is 9.93. The largest absolute Gasteiger partial charge is 0.359 e. The molecule has 1 aromatic rings.